The molecule has 0 spiro atoms. The smallest absolute Gasteiger partial charge is 0.169 e. The van der Waals surface area contributed by atoms with E-state index in [0.29, 0.717) is 0 Å². The Balaban J connectivity index is 2.80. The summed E-state index contributed by atoms with van der Waals surface area (Å²) in [4.78, 5) is 5.47. The largest absolute Gasteiger partial charge is 0.320 e. The van der Waals surface area contributed by atoms with Crippen molar-refractivity contribution < 1.29 is 0 Å². The predicted octanol–water partition coefficient (Wildman–Crippen LogP) is 2.06. The van der Waals surface area contributed by atoms with Gasteiger partial charge in [0.1, 0.15) is 5.52 Å². The van der Waals surface area contributed by atoms with Gasteiger partial charge in [0.2, 0.25) is 0 Å². The molecule has 5 heteroatoms. The fraction of sp³-hybridized carbons (Fsp3) is 0.429. The summed E-state index contributed by atoms with van der Waals surface area (Å²) < 4.78 is 6.34. The Labute approximate surface area is 79.0 Å². The second-order valence-electron chi connectivity index (χ2n) is 2.58. The molecule has 0 unspecified atom stereocenters. The molecule has 0 fully saturated rings. The summed E-state index contributed by atoms with van der Waals surface area (Å²) in [6.07, 6.45) is 2.04. The van der Waals surface area contributed by atoms with Crippen molar-refractivity contribution in [2.24, 2.45) is 7.05 Å². The highest BCUT2D eigenvalue weighted by Gasteiger charge is 2.11. The summed E-state index contributed by atoms with van der Waals surface area (Å²) in [5, 5.41) is 1.06. The Morgan fingerprint density at radius 3 is 2.83 bits per heavy atom. The lowest BCUT2D eigenvalue weighted by atomic mass is 10.4. The molecule has 64 valence electrons. The minimum absolute atomic E-state index is 1.04. The van der Waals surface area contributed by atoms with Crippen molar-refractivity contribution in [2.75, 3.05) is 6.26 Å². The van der Waals surface area contributed by atoms with Crippen molar-refractivity contribution in [3.05, 3.63) is 5.69 Å². The molecule has 0 atom stereocenters. The molecule has 0 saturated heterocycles. The van der Waals surface area contributed by atoms with Crippen LogP contribution in [0.5, 0.6) is 0 Å². The van der Waals surface area contributed by atoms with E-state index in [0.717, 1.165) is 15.7 Å². The van der Waals surface area contributed by atoms with Gasteiger partial charge >= 0.3 is 0 Å². The molecule has 2 rings (SSSR count). The third kappa shape index (κ3) is 0.964. The summed E-state index contributed by atoms with van der Waals surface area (Å²) in [6.45, 7) is 2.02. The molecule has 2 aromatic heterocycles. The number of hydrogen-bond donors (Lipinski definition) is 0. The first-order valence-corrected chi connectivity index (χ1v) is 5.56. The molecule has 3 nitrogen and oxygen atoms in total. The highest BCUT2D eigenvalue weighted by Crippen LogP contribution is 2.25. The third-order valence-corrected chi connectivity index (χ3v) is 3.37. The average Bonchev–Trinajstić information content (AvgIpc) is 2.55. The standard InChI is InChI=1S/C7H9N3S2/c1-4-5-6(12-9-4)8-7(11-3)10(5)2/h1-3H3. The van der Waals surface area contributed by atoms with Crippen molar-refractivity contribution in [1.29, 1.82) is 0 Å². The van der Waals surface area contributed by atoms with Crippen molar-refractivity contribution >= 4 is 33.6 Å². The molecule has 0 radical (unpaired) electrons. The van der Waals surface area contributed by atoms with E-state index in [1.54, 1.807) is 11.8 Å². The Morgan fingerprint density at radius 1 is 1.50 bits per heavy atom. The van der Waals surface area contributed by atoms with Crippen LogP contribution in [0.2, 0.25) is 0 Å². The molecule has 0 aliphatic rings. The molecule has 0 amide bonds. The first kappa shape index (κ1) is 8.07. The van der Waals surface area contributed by atoms with Crippen molar-refractivity contribution in [3.63, 3.8) is 0 Å². The maximum Gasteiger partial charge on any atom is 0.169 e. The second kappa shape index (κ2) is 2.74. The molecule has 0 saturated carbocycles. The van der Waals surface area contributed by atoms with Crippen LogP contribution in [0.1, 0.15) is 5.69 Å². The van der Waals surface area contributed by atoms with Crippen LogP contribution in [0.15, 0.2) is 5.16 Å². The molecule has 2 heterocycles. The number of thioether (sulfide) groups is 1. The van der Waals surface area contributed by atoms with Crippen LogP contribution < -0.4 is 0 Å². The first-order chi connectivity index (χ1) is 5.74. The van der Waals surface area contributed by atoms with Gasteiger partial charge in [-0.05, 0) is 24.7 Å². The second-order valence-corrected chi connectivity index (χ2v) is 4.10. The molecular weight excluding hydrogens is 190 g/mol. The van der Waals surface area contributed by atoms with Crippen LogP contribution >= 0.6 is 23.3 Å². The fourth-order valence-electron chi connectivity index (χ4n) is 1.25. The van der Waals surface area contributed by atoms with E-state index < -0.39 is 0 Å². The molecule has 12 heavy (non-hydrogen) atoms. The van der Waals surface area contributed by atoms with Crippen molar-refractivity contribution in [3.8, 4) is 0 Å². The van der Waals surface area contributed by atoms with E-state index in [2.05, 4.69) is 13.9 Å². The van der Waals surface area contributed by atoms with E-state index in [4.69, 9.17) is 0 Å². The van der Waals surface area contributed by atoms with E-state index in [9.17, 15) is 0 Å². The van der Waals surface area contributed by atoms with E-state index in [-0.39, 0.29) is 0 Å². The summed E-state index contributed by atoms with van der Waals surface area (Å²) >= 11 is 3.13. The number of aryl methyl sites for hydroxylation is 2. The summed E-state index contributed by atoms with van der Waals surface area (Å²) in [5.41, 5.74) is 2.25. The number of nitrogens with zero attached hydrogens (tertiary/aromatic N) is 3. The average molecular weight is 199 g/mol. The molecule has 0 aliphatic heterocycles. The molecular formula is C7H9N3S2. The van der Waals surface area contributed by atoms with Crippen LogP contribution in [0, 0.1) is 6.92 Å². The predicted molar refractivity (Wildman–Crippen MR) is 52.9 cm³/mol. The summed E-state index contributed by atoms with van der Waals surface area (Å²) in [6, 6.07) is 0. The minimum atomic E-state index is 1.04. The maximum atomic E-state index is 4.43. The Morgan fingerprint density at radius 2 is 2.25 bits per heavy atom. The van der Waals surface area contributed by atoms with Gasteiger partial charge in [-0.15, -0.1) is 0 Å². The van der Waals surface area contributed by atoms with Crippen molar-refractivity contribution in [1.82, 2.24) is 13.9 Å². The third-order valence-electron chi connectivity index (χ3n) is 1.82. The van der Waals surface area contributed by atoms with Gasteiger partial charge < -0.3 is 4.57 Å². The van der Waals surface area contributed by atoms with E-state index in [1.807, 2.05) is 20.2 Å². The van der Waals surface area contributed by atoms with Gasteiger partial charge in [-0.3, -0.25) is 0 Å². The fourth-order valence-corrected chi connectivity index (χ4v) is 2.67. The zero-order valence-electron chi connectivity index (χ0n) is 7.16. The highest BCUT2D eigenvalue weighted by molar-refractivity contribution is 7.98. The number of fused-ring (bicyclic) bond motifs is 1. The van der Waals surface area contributed by atoms with Gasteiger partial charge in [0, 0.05) is 7.05 Å². The topological polar surface area (TPSA) is 30.7 Å². The zero-order chi connectivity index (χ0) is 8.72. The highest BCUT2D eigenvalue weighted by atomic mass is 32.2. The maximum absolute atomic E-state index is 4.43. The van der Waals surface area contributed by atoms with Gasteiger partial charge in [0.25, 0.3) is 0 Å². The van der Waals surface area contributed by atoms with Gasteiger partial charge in [-0.1, -0.05) is 11.8 Å². The molecule has 0 N–H and O–H groups in total. The van der Waals surface area contributed by atoms with E-state index in [1.165, 1.54) is 17.0 Å². The van der Waals surface area contributed by atoms with Crippen LogP contribution in [0.4, 0.5) is 0 Å². The molecule has 0 bridgehead atoms. The van der Waals surface area contributed by atoms with Gasteiger partial charge in [-0.2, -0.15) is 4.37 Å². The molecule has 2 aromatic rings. The van der Waals surface area contributed by atoms with Crippen LogP contribution in [0.3, 0.4) is 0 Å². The lowest BCUT2D eigenvalue weighted by Gasteiger charge is -1.96. The van der Waals surface area contributed by atoms with Crippen molar-refractivity contribution in [2.45, 2.75) is 12.1 Å². The van der Waals surface area contributed by atoms with Gasteiger partial charge in [-0.25, -0.2) is 4.98 Å². The lowest BCUT2D eigenvalue weighted by molar-refractivity contribution is 0.813. The Kier molecular flexibility index (Phi) is 1.84. The van der Waals surface area contributed by atoms with Gasteiger partial charge in [0.05, 0.1) is 5.69 Å². The number of imidazole rings is 1. The summed E-state index contributed by atoms with van der Waals surface area (Å²) in [7, 11) is 2.03. The zero-order valence-corrected chi connectivity index (χ0v) is 8.79. The molecule has 0 aliphatic carbocycles. The Hall–Kier alpha value is -0.550. The summed E-state index contributed by atoms with van der Waals surface area (Å²) in [5.74, 6) is 0. The van der Waals surface area contributed by atoms with Crippen LogP contribution in [-0.4, -0.2) is 20.2 Å². The normalized spacial score (nSPS) is 11.2. The van der Waals surface area contributed by atoms with E-state index >= 15 is 0 Å². The SMILES string of the molecule is CSc1nc2snc(C)c2n1C. The minimum Gasteiger partial charge on any atom is -0.320 e. The number of hydrogen-bond acceptors (Lipinski definition) is 4. The quantitative estimate of drug-likeness (QED) is 0.659. The first-order valence-electron chi connectivity index (χ1n) is 3.56. The van der Waals surface area contributed by atoms with Crippen LogP contribution in [-0.2, 0) is 7.05 Å². The Bertz CT molecular complexity index is 415. The molecule has 0 aromatic carbocycles. The number of rotatable bonds is 1. The number of aromatic nitrogens is 3. The lowest BCUT2D eigenvalue weighted by Crippen LogP contribution is -1.90. The van der Waals surface area contributed by atoms with Gasteiger partial charge in [0.15, 0.2) is 9.99 Å². The monoisotopic (exact) mass is 199 g/mol. The van der Waals surface area contributed by atoms with Crippen LogP contribution in [0.25, 0.3) is 10.3 Å².